The molecule has 1 heterocycles. The topological polar surface area (TPSA) is 48.9 Å². The van der Waals surface area contributed by atoms with E-state index in [4.69, 9.17) is 9.73 Å². The molecule has 0 amide bonds. The number of halogens is 1. The summed E-state index contributed by atoms with van der Waals surface area (Å²) in [4.78, 5) is 7.27. The summed E-state index contributed by atoms with van der Waals surface area (Å²) in [7, 11) is 0. The number of hydrogen-bond acceptors (Lipinski definition) is 3. The van der Waals surface area contributed by atoms with Crippen LogP contribution in [0.2, 0.25) is 0 Å². The summed E-state index contributed by atoms with van der Waals surface area (Å²) in [5.41, 5.74) is 0. The van der Waals surface area contributed by atoms with Gasteiger partial charge < -0.3 is 15.4 Å². The predicted octanol–water partition coefficient (Wildman–Crippen LogP) is 1.93. The highest BCUT2D eigenvalue weighted by Crippen LogP contribution is 2.13. The first-order chi connectivity index (χ1) is 9.69. The van der Waals surface area contributed by atoms with E-state index in [1.165, 1.54) is 0 Å². The molecule has 1 rings (SSSR count). The molecular weight excluding hydrogens is 379 g/mol. The van der Waals surface area contributed by atoms with E-state index in [0.717, 1.165) is 58.3 Å². The highest BCUT2D eigenvalue weighted by molar-refractivity contribution is 14.0. The van der Waals surface area contributed by atoms with Crippen LogP contribution in [0.1, 0.15) is 34.1 Å². The molecule has 1 atom stereocenters. The number of aliphatic imine (C=N–C) groups is 1. The van der Waals surface area contributed by atoms with Crippen molar-refractivity contribution in [2.75, 3.05) is 45.9 Å². The lowest BCUT2D eigenvalue weighted by atomic mass is 10.0. The minimum atomic E-state index is 0. The molecule has 2 N–H and O–H groups in total. The highest BCUT2D eigenvalue weighted by atomic mass is 127. The van der Waals surface area contributed by atoms with Crippen LogP contribution < -0.4 is 10.6 Å². The summed E-state index contributed by atoms with van der Waals surface area (Å²) in [5.74, 6) is 1.54. The van der Waals surface area contributed by atoms with Gasteiger partial charge in [0.05, 0.1) is 19.8 Å². The molecule has 1 fully saturated rings. The molecule has 6 heteroatoms. The van der Waals surface area contributed by atoms with Gasteiger partial charge in [-0.05, 0) is 19.3 Å². The molecular formula is C15H33IN4O. The van der Waals surface area contributed by atoms with Crippen LogP contribution in [-0.4, -0.2) is 62.8 Å². The van der Waals surface area contributed by atoms with Gasteiger partial charge >= 0.3 is 0 Å². The van der Waals surface area contributed by atoms with Gasteiger partial charge in [-0.1, -0.05) is 20.8 Å². The molecule has 1 saturated heterocycles. The first-order valence-electron chi connectivity index (χ1n) is 8.03. The van der Waals surface area contributed by atoms with E-state index >= 15 is 0 Å². The standard InChI is InChI=1S/C15H32N4O.HI/c1-5-7-17-15(16-6-2)18-12-14(13(3)4)19-8-10-20-11-9-19;/h13-14H,5-12H2,1-4H3,(H2,16,17,18);1H. The van der Waals surface area contributed by atoms with Crippen molar-refractivity contribution in [1.29, 1.82) is 0 Å². The number of rotatable bonds is 7. The second kappa shape index (κ2) is 12.5. The van der Waals surface area contributed by atoms with E-state index in [0.29, 0.717) is 12.0 Å². The Morgan fingerprint density at radius 3 is 2.38 bits per heavy atom. The summed E-state index contributed by atoms with van der Waals surface area (Å²) in [6.07, 6.45) is 1.11. The third-order valence-corrected chi connectivity index (χ3v) is 3.61. The van der Waals surface area contributed by atoms with Crippen LogP contribution in [-0.2, 0) is 4.74 Å². The lowest BCUT2D eigenvalue weighted by Gasteiger charge is -2.36. The van der Waals surface area contributed by atoms with E-state index in [-0.39, 0.29) is 24.0 Å². The summed E-state index contributed by atoms with van der Waals surface area (Å²) in [5, 5.41) is 6.67. The monoisotopic (exact) mass is 412 g/mol. The van der Waals surface area contributed by atoms with Crippen molar-refractivity contribution in [2.24, 2.45) is 10.9 Å². The van der Waals surface area contributed by atoms with E-state index in [2.05, 4.69) is 43.2 Å². The molecule has 0 saturated carbocycles. The van der Waals surface area contributed by atoms with E-state index in [1.807, 2.05) is 0 Å². The average molecular weight is 412 g/mol. The summed E-state index contributed by atoms with van der Waals surface area (Å²) in [6.45, 7) is 15.3. The third-order valence-electron chi connectivity index (χ3n) is 3.61. The Bertz CT molecular complexity index is 281. The number of nitrogens with one attached hydrogen (secondary N) is 2. The van der Waals surface area contributed by atoms with Crippen LogP contribution in [0.3, 0.4) is 0 Å². The number of morpholine rings is 1. The number of ether oxygens (including phenoxy) is 1. The molecule has 5 nitrogen and oxygen atoms in total. The fraction of sp³-hybridized carbons (Fsp3) is 0.933. The lowest BCUT2D eigenvalue weighted by molar-refractivity contribution is 0.00867. The van der Waals surface area contributed by atoms with Crippen LogP contribution in [0.5, 0.6) is 0 Å². The van der Waals surface area contributed by atoms with Gasteiger partial charge in [-0.3, -0.25) is 9.89 Å². The first-order valence-corrected chi connectivity index (χ1v) is 8.03. The van der Waals surface area contributed by atoms with Crippen molar-refractivity contribution in [2.45, 2.75) is 40.2 Å². The molecule has 0 spiro atoms. The molecule has 0 aliphatic carbocycles. The summed E-state index contributed by atoms with van der Waals surface area (Å²) >= 11 is 0. The van der Waals surface area contributed by atoms with Crippen molar-refractivity contribution in [3.63, 3.8) is 0 Å². The lowest BCUT2D eigenvalue weighted by Crippen LogP contribution is -2.48. The van der Waals surface area contributed by atoms with Gasteiger partial charge in [-0.2, -0.15) is 0 Å². The van der Waals surface area contributed by atoms with Crippen LogP contribution in [0.4, 0.5) is 0 Å². The molecule has 1 aliphatic heterocycles. The van der Waals surface area contributed by atoms with Gasteiger partial charge in [0.25, 0.3) is 0 Å². The van der Waals surface area contributed by atoms with E-state index in [9.17, 15) is 0 Å². The SMILES string of the molecule is CCCNC(=NCC(C(C)C)N1CCOCC1)NCC.I. The zero-order valence-corrected chi connectivity index (χ0v) is 16.4. The largest absolute Gasteiger partial charge is 0.379 e. The van der Waals surface area contributed by atoms with Crippen molar-refractivity contribution in [1.82, 2.24) is 15.5 Å². The van der Waals surface area contributed by atoms with Crippen LogP contribution >= 0.6 is 24.0 Å². The Morgan fingerprint density at radius 2 is 1.86 bits per heavy atom. The van der Waals surface area contributed by atoms with E-state index in [1.54, 1.807) is 0 Å². The highest BCUT2D eigenvalue weighted by Gasteiger charge is 2.23. The molecule has 0 aromatic heterocycles. The summed E-state index contributed by atoms with van der Waals surface area (Å²) in [6, 6.07) is 0.496. The Labute approximate surface area is 147 Å². The van der Waals surface area contributed by atoms with Gasteiger partial charge in [-0.15, -0.1) is 24.0 Å². The Kier molecular flexibility index (Phi) is 12.4. The van der Waals surface area contributed by atoms with Crippen molar-refractivity contribution in [3.8, 4) is 0 Å². The van der Waals surface area contributed by atoms with Crippen LogP contribution in [0.15, 0.2) is 4.99 Å². The number of nitrogens with zero attached hydrogens (tertiary/aromatic N) is 2. The summed E-state index contributed by atoms with van der Waals surface area (Å²) < 4.78 is 5.44. The third kappa shape index (κ3) is 8.21. The van der Waals surface area contributed by atoms with Crippen molar-refractivity contribution in [3.05, 3.63) is 0 Å². The minimum Gasteiger partial charge on any atom is -0.379 e. The van der Waals surface area contributed by atoms with Gasteiger partial charge in [0.2, 0.25) is 0 Å². The van der Waals surface area contributed by atoms with Gasteiger partial charge in [-0.25, -0.2) is 0 Å². The molecule has 0 radical (unpaired) electrons. The minimum absolute atomic E-state index is 0. The van der Waals surface area contributed by atoms with E-state index < -0.39 is 0 Å². The zero-order chi connectivity index (χ0) is 14.8. The molecule has 126 valence electrons. The molecule has 1 unspecified atom stereocenters. The Morgan fingerprint density at radius 1 is 1.19 bits per heavy atom. The fourth-order valence-electron chi connectivity index (χ4n) is 2.43. The maximum atomic E-state index is 5.44. The molecule has 0 aromatic rings. The van der Waals surface area contributed by atoms with Gasteiger partial charge in [0.15, 0.2) is 5.96 Å². The maximum Gasteiger partial charge on any atom is 0.191 e. The van der Waals surface area contributed by atoms with Crippen LogP contribution in [0, 0.1) is 5.92 Å². The Hall–Kier alpha value is -0.0800. The smallest absolute Gasteiger partial charge is 0.191 e. The van der Waals surface area contributed by atoms with Crippen LogP contribution in [0.25, 0.3) is 0 Å². The first kappa shape index (κ1) is 20.9. The van der Waals surface area contributed by atoms with Gasteiger partial charge in [0, 0.05) is 32.2 Å². The fourth-order valence-corrected chi connectivity index (χ4v) is 2.43. The molecule has 0 aromatic carbocycles. The average Bonchev–Trinajstić information content (AvgIpc) is 2.45. The molecule has 1 aliphatic rings. The molecule has 21 heavy (non-hydrogen) atoms. The second-order valence-electron chi connectivity index (χ2n) is 5.61. The normalized spacial score (nSPS) is 18.2. The van der Waals surface area contributed by atoms with Crippen molar-refractivity contribution >= 4 is 29.9 Å². The number of hydrogen-bond donors (Lipinski definition) is 2. The maximum absolute atomic E-state index is 5.44. The quantitative estimate of drug-likeness (QED) is 0.381. The zero-order valence-electron chi connectivity index (χ0n) is 14.0. The molecule has 0 bridgehead atoms. The predicted molar refractivity (Wildman–Crippen MR) is 101 cm³/mol. The Balaban J connectivity index is 0.00000400. The van der Waals surface area contributed by atoms with Gasteiger partial charge in [0.1, 0.15) is 0 Å². The second-order valence-corrected chi connectivity index (χ2v) is 5.61. The number of guanidine groups is 1. The van der Waals surface area contributed by atoms with Crippen molar-refractivity contribution < 1.29 is 4.74 Å².